The van der Waals surface area contributed by atoms with Crippen molar-refractivity contribution in [2.45, 2.75) is 31.6 Å². The molecule has 2 aromatic rings. The molecular weight excluding hydrogens is 370 g/mol. The fourth-order valence-electron chi connectivity index (χ4n) is 3.17. The number of hydrogen-bond donors (Lipinski definition) is 1. The number of carboxylic acids is 1. The number of pyridine rings is 1. The van der Waals surface area contributed by atoms with Gasteiger partial charge < -0.3 is 9.84 Å². The summed E-state index contributed by atoms with van der Waals surface area (Å²) < 4.78 is 35.1. The molecule has 1 N–H and O–H groups in total. The summed E-state index contributed by atoms with van der Waals surface area (Å²) in [5.74, 6) is -0.760. The first-order valence-electron chi connectivity index (χ1n) is 8.54. The first-order valence-corrected chi connectivity index (χ1v) is 9.95. The summed E-state index contributed by atoms with van der Waals surface area (Å²) >= 11 is 0. The Labute approximate surface area is 158 Å². The number of hydrogen-bond acceptors (Lipinski definition) is 6. The molecular formula is C19H21NO6S. The summed E-state index contributed by atoms with van der Waals surface area (Å²) in [7, 11) is -3.79. The van der Waals surface area contributed by atoms with Gasteiger partial charge in [0.2, 0.25) is 5.88 Å². The third-order valence-electron chi connectivity index (χ3n) is 4.60. The van der Waals surface area contributed by atoms with Crippen molar-refractivity contribution in [3.05, 3.63) is 52.7 Å². The number of nitrogens with zero attached hydrogens (tertiary/aromatic N) is 1. The summed E-state index contributed by atoms with van der Waals surface area (Å²) in [5.41, 5.74) is 3.80. The molecule has 1 atom stereocenters. The van der Waals surface area contributed by atoms with Crippen molar-refractivity contribution in [1.29, 1.82) is 0 Å². The quantitative estimate of drug-likeness (QED) is 0.722. The van der Waals surface area contributed by atoms with E-state index < -0.39 is 22.7 Å². The topological polar surface area (TPSA) is 103 Å². The summed E-state index contributed by atoms with van der Waals surface area (Å²) in [5, 5.41) is 8.73. The van der Waals surface area contributed by atoms with E-state index in [1.807, 2.05) is 13.8 Å². The lowest BCUT2D eigenvalue weighted by Crippen LogP contribution is -2.15. The van der Waals surface area contributed by atoms with Gasteiger partial charge in [-0.3, -0.25) is 4.18 Å². The average Bonchev–Trinajstić information content (AvgIpc) is 3.04. The van der Waals surface area contributed by atoms with Crippen molar-refractivity contribution in [2.24, 2.45) is 5.92 Å². The van der Waals surface area contributed by atoms with Gasteiger partial charge in [-0.15, -0.1) is 0 Å². The van der Waals surface area contributed by atoms with E-state index >= 15 is 0 Å². The molecule has 144 valence electrons. The second-order valence-corrected chi connectivity index (χ2v) is 8.32. The summed E-state index contributed by atoms with van der Waals surface area (Å²) in [4.78, 5) is 15.0. The molecule has 1 aliphatic carbocycles. The average molecular weight is 391 g/mol. The number of ether oxygens (including phenoxy) is 1. The van der Waals surface area contributed by atoms with Gasteiger partial charge in [0.1, 0.15) is 0 Å². The molecule has 0 saturated carbocycles. The van der Waals surface area contributed by atoms with E-state index in [4.69, 9.17) is 14.0 Å². The van der Waals surface area contributed by atoms with Crippen molar-refractivity contribution in [3.8, 4) is 5.88 Å². The lowest BCUT2D eigenvalue weighted by molar-refractivity contribution is -0.139. The Kier molecular flexibility index (Phi) is 5.48. The molecule has 0 saturated heterocycles. The zero-order chi connectivity index (χ0) is 19.6. The Bertz CT molecular complexity index is 953. The van der Waals surface area contributed by atoms with E-state index in [0.717, 1.165) is 22.3 Å². The largest absolute Gasteiger partial charge is 0.479 e. The molecule has 27 heavy (non-hydrogen) atoms. The maximum atomic E-state index is 12.3. The van der Waals surface area contributed by atoms with Crippen LogP contribution in [0.2, 0.25) is 0 Å². The molecule has 1 unspecified atom stereocenters. The highest BCUT2D eigenvalue weighted by Gasteiger charge is 2.27. The maximum absolute atomic E-state index is 12.3. The third-order valence-corrected chi connectivity index (χ3v) is 5.90. The van der Waals surface area contributed by atoms with Crippen molar-refractivity contribution in [3.63, 3.8) is 0 Å². The van der Waals surface area contributed by atoms with E-state index in [1.54, 1.807) is 18.3 Å². The first-order chi connectivity index (χ1) is 12.8. The van der Waals surface area contributed by atoms with Crippen molar-refractivity contribution in [1.82, 2.24) is 4.98 Å². The molecule has 0 fully saturated rings. The van der Waals surface area contributed by atoms with E-state index in [1.165, 1.54) is 12.1 Å². The minimum atomic E-state index is -3.79. The monoisotopic (exact) mass is 391 g/mol. The standard InChI is InChI=1S/C19H21NO6S/c1-12-3-5-16(6-4-12)27(23,24)26-10-14-7-15-9-20-19(25-11-18(21)22)13(2)17(15)8-14/h3-6,9,14H,7-8,10-11H2,1-2H3,(H,21,22). The normalized spacial score (nSPS) is 16.1. The van der Waals surface area contributed by atoms with Crippen LogP contribution in [-0.2, 0) is 31.9 Å². The van der Waals surface area contributed by atoms with Gasteiger partial charge in [-0.2, -0.15) is 8.42 Å². The molecule has 3 rings (SSSR count). The highest BCUT2D eigenvalue weighted by Crippen LogP contribution is 2.33. The Morgan fingerprint density at radius 3 is 2.59 bits per heavy atom. The highest BCUT2D eigenvalue weighted by atomic mass is 32.2. The fraction of sp³-hybridized carbons (Fsp3) is 0.368. The van der Waals surface area contributed by atoms with Crippen LogP contribution in [0.3, 0.4) is 0 Å². The van der Waals surface area contributed by atoms with Crippen LogP contribution in [0.15, 0.2) is 35.4 Å². The van der Waals surface area contributed by atoms with E-state index in [9.17, 15) is 13.2 Å². The molecule has 8 heteroatoms. The zero-order valence-corrected chi connectivity index (χ0v) is 16.0. The first kappa shape index (κ1) is 19.3. The highest BCUT2D eigenvalue weighted by molar-refractivity contribution is 7.86. The van der Waals surface area contributed by atoms with Gasteiger partial charge in [-0.05, 0) is 55.9 Å². The van der Waals surface area contributed by atoms with Crippen LogP contribution in [0.5, 0.6) is 5.88 Å². The predicted octanol–water partition coefficient (Wildman–Crippen LogP) is 2.28. The summed E-state index contributed by atoms with van der Waals surface area (Å²) in [6.07, 6.45) is 2.95. The van der Waals surface area contributed by atoms with Crippen LogP contribution in [0.25, 0.3) is 0 Å². The molecule has 0 aliphatic heterocycles. The SMILES string of the molecule is Cc1ccc(S(=O)(=O)OCC2Cc3cnc(OCC(=O)O)c(C)c3C2)cc1. The number of fused-ring (bicyclic) bond motifs is 1. The van der Waals surface area contributed by atoms with Gasteiger partial charge in [0.25, 0.3) is 10.1 Å². The smallest absolute Gasteiger partial charge is 0.341 e. The number of benzene rings is 1. The van der Waals surface area contributed by atoms with E-state index in [2.05, 4.69) is 4.98 Å². The molecule has 1 aromatic heterocycles. The van der Waals surface area contributed by atoms with Gasteiger partial charge in [0.15, 0.2) is 6.61 Å². The van der Waals surface area contributed by atoms with Crippen LogP contribution in [0.4, 0.5) is 0 Å². The number of aryl methyl sites for hydroxylation is 1. The van der Waals surface area contributed by atoms with Crippen molar-refractivity contribution < 1.29 is 27.2 Å². The fourth-order valence-corrected chi connectivity index (χ4v) is 4.14. The molecule has 0 radical (unpaired) electrons. The Balaban J connectivity index is 1.65. The lowest BCUT2D eigenvalue weighted by Gasteiger charge is -2.11. The molecule has 0 amide bonds. The lowest BCUT2D eigenvalue weighted by atomic mass is 10.1. The number of rotatable bonds is 7. The third kappa shape index (κ3) is 4.45. The van der Waals surface area contributed by atoms with Crippen LogP contribution >= 0.6 is 0 Å². The molecule has 1 aromatic carbocycles. The van der Waals surface area contributed by atoms with Crippen LogP contribution < -0.4 is 4.74 Å². The Hall–Kier alpha value is -2.45. The minimum absolute atomic E-state index is 0.00967. The number of aromatic nitrogens is 1. The number of carbonyl (C=O) groups is 1. The van der Waals surface area contributed by atoms with Gasteiger partial charge in [0, 0.05) is 11.8 Å². The number of aliphatic carboxylic acids is 1. The minimum Gasteiger partial charge on any atom is -0.479 e. The summed E-state index contributed by atoms with van der Waals surface area (Å²) in [6, 6.07) is 6.53. The van der Waals surface area contributed by atoms with E-state index in [0.29, 0.717) is 18.7 Å². The zero-order valence-electron chi connectivity index (χ0n) is 15.1. The van der Waals surface area contributed by atoms with Gasteiger partial charge in [-0.1, -0.05) is 17.7 Å². The second-order valence-electron chi connectivity index (χ2n) is 6.70. The Morgan fingerprint density at radius 2 is 1.93 bits per heavy atom. The molecule has 0 spiro atoms. The van der Waals surface area contributed by atoms with Crippen molar-refractivity contribution >= 4 is 16.1 Å². The van der Waals surface area contributed by atoms with Crippen LogP contribution in [0.1, 0.15) is 22.3 Å². The molecule has 7 nitrogen and oxygen atoms in total. The van der Waals surface area contributed by atoms with Gasteiger partial charge in [-0.25, -0.2) is 9.78 Å². The summed E-state index contributed by atoms with van der Waals surface area (Å²) in [6.45, 7) is 3.34. The van der Waals surface area contributed by atoms with E-state index in [-0.39, 0.29) is 17.4 Å². The maximum Gasteiger partial charge on any atom is 0.341 e. The Morgan fingerprint density at radius 1 is 1.22 bits per heavy atom. The number of carboxylic acid groups (broad SMARTS) is 1. The van der Waals surface area contributed by atoms with Gasteiger partial charge in [0.05, 0.1) is 11.5 Å². The predicted molar refractivity (Wildman–Crippen MR) is 97.3 cm³/mol. The van der Waals surface area contributed by atoms with Gasteiger partial charge >= 0.3 is 5.97 Å². The van der Waals surface area contributed by atoms with Crippen LogP contribution in [0, 0.1) is 19.8 Å². The second kappa shape index (κ2) is 7.66. The van der Waals surface area contributed by atoms with Crippen LogP contribution in [-0.4, -0.2) is 37.7 Å². The molecule has 1 heterocycles. The molecule has 0 bridgehead atoms. The van der Waals surface area contributed by atoms with Crippen molar-refractivity contribution in [2.75, 3.05) is 13.2 Å². The molecule has 1 aliphatic rings.